The molecule has 5 aromatic rings. The molecule has 5 rings (SSSR count). The minimum atomic E-state index is 0. The second-order valence-corrected chi connectivity index (χ2v) is 14.2. The molecule has 0 aliphatic rings. The molecule has 0 aliphatic heterocycles. The number of nitrogens with zero attached hydrogens (tertiary/aromatic N) is 2. The second-order valence-electron chi connectivity index (χ2n) is 14.2. The van der Waals surface area contributed by atoms with Crippen molar-refractivity contribution in [3.05, 3.63) is 96.0 Å². The predicted octanol–water partition coefficient (Wildman–Crippen LogP) is 11.9. The van der Waals surface area contributed by atoms with E-state index in [2.05, 4.69) is 88.1 Å². The summed E-state index contributed by atoms with van der Waals surface area (Å²) >= 11 is 0. The molecule has 0 amide bonds. The molecular formula is C43H53IrN2O3-. The van der Waals surface area contributed by atoms with E-state index in [1.165, 1.54) is 17.0 Å². The van der Waals surface area contributed by atoms with E-state index in [0.29, 0.717) is 5.92 Å². The SMILES string of the molecule is CC(C)Cc1ccc2oc(-c3ccnc(-c4[c-]c5ccccc5c(C(C)(C)C)c4)c3)cc2n1.CCC(CC)C(=O)/C=C(\O)C(CC)CC.[Ir]. The van der Waals surface area contributed by atoms with Crippen LogP contribution in [-0.4, -0.2) is 20.9 Å². The largest absolute Gasteiger partial charge is 0.512 e. The maximum absolute atomic E-state index is 11.7. The molecule has 263 valence electrons. The third kappa shape index (κ3) is 10.2. The van der Waals surface area contributed by atoms with Gasteiger partial charge in [-0.1, -0.05) is 97.5 Å². The summed E-state index contributed by atoms with van der Waals surface area (Å²) in [7, 11) is 0. The number of rotatable bonds is 11. The fraction of sp³-hybridized carbons (Fsp3) is 0.419. The monoisotopic (exact) mass is 838 g/mol. The molecule has 0 spiro atoms. The first-order chi connectivity index (χ1) is 22.9. The summed E-state index contributed by atoms with van der Waals surface area (Å²) in [5.41, 5.74) is 6.98. The van der Waals surface area contributed by atoms with E-state index in [1.807, 2.05) is 52.1 Å². The Morgan fingerprint density at radius 1 is 0.918 bits per heavy atom. The van der Waals surface area contributed by atoms with Gasteiger partial charge in [0.2, 0.25) is 0 Å². The van der Waals surface area contributed by atoms with Crippen molar-refractivity contribution in [2.45, 2.75) is 99.8 Å². The van der Waals surface area contributed by atoms with Gasteiger partial charge in [-0.25, -0.2) is 4.98 Å². The number of hydrogen-bond acceptors (Lipinski definition) is 5. The van der Waals surface area contributed by atoms with Gasteiger partial charge in [0, 0.05) is 67.2 Å². The number of allylic oxidation sites excluding steroid dienone is 2. The van der Waals surface area contributed by atoms with Gasteiger partial charge in [-0.3, -0.25) is 9.78 Å². The second kappa shape index (κ2) is 17.9. The number of aliphatic hydroxyl groups excluding tert-OH is 1. The van der Waals surface area contributed by atoms with Crippen LogP contribution in [0, 0.1) is 23.8 Å². The molecule has 1 radical (unpaired) electrons. The van der Waals surface area contributed by atoms with Gasteiger partial charge in [0.1, 0.15) is 11.3 Å². The predicted molar refractivity (Wildman–Crippen MR) is 200 cm³/mol. The first-order valence-electron chi connectivity index (χ1n) is 17.6. The number of carbonyl (C=O) groups is 1. The van der Waals surface area contributed by atoms with Gasteiger partial charge in [-0.05, 0) is 61.6 Å². The minimum absolute atomic E-state index is 0. The summed E-state index contributed by atoms with van der Waals surface area (Å²) in [4.78, 5) is 21.2. The zero-order valence-electron chi connectivity index (χ0n) is 30.7. The summed E-state index contributed by atoms with van der Waals surface area (Å²) in [6.07, 6.45) is 7.71. The number of fused-ring (bicyclic) bond motifs is 2. The van der Waals surface area contributed by atoms with Crippen LogP contribution in [0.3, 0.4) is 0 Å². The van der Waals surface area contributed by atoms with Crippen molar-refractivity contribution in [2.75, 3.05) is 0 Å². The molecule has 0 saturated carbocycles. The van der Waals surface area contributed by atoms with Crippen LogP contribution in [0.5, 0.6) is 0 Å². The Labute approximate surface area is 307 Å². The zero-order chi connectivity index (χ0) is 35.0. The summed E-state index contributed by atoms with van der Waals surface area (Å²) in [6.45, 7) is 19.2. The summed E-state index contributed by atoms with van der Waals surface area (Å²) in [5.74, 6) is 1.92. The van der Waals surface area contributed by atoms with Crippen LogP contribution < -0.4 is 0 Å². The van der Waals surface area contributed by atoms with Crippen LogP contribution in [0.15, 0.2) is 83.1 Å². The Morgan fingerprint density at radius 2 is 1.59 bits per heavy atom. The maximum Gasteiger partial charge on any atom is 0.162 e. The summed E-state index contributed by atoms with van der Waals surface area (Å²) in [5, 5.41) is 12.1. The van der Waals surface area contributed by atoms with E-state index in [1.54, 1.807) is 0 Å². The molecule has 3 heterocycles. The van der Waals surface area contributed by atoms with E-state index in [0.717, 1.165) is 76.9 Å². The van der Waals surface area contributed by atoms with E-state index in [9.17, 15) is 9.90 Å². The third-order valence-electron chi connectivity index (χ3n) is 9.03. The molecule has 0 saturated heterocycles. The van der Waals surface area contributed by atoms with Crippen molar-refractivity contribution < 1.29 is 34.4 Å². The van der Waals surface area contributed by atoms with Crippen molar-refractivity contribution in [3.8, 4) is 22.6 Å². The molecule has 5 nitrogen and oxygen atoms in total. The van der Waals surface area contributed by atoms with Gasteiger partial charge < -0.3 is 9.52 Å². The van der Waals surface area contributed by atoms with Gasteiger partial charge in [0.05, 0.1) is 5.76 Å². The maximum atomic E-state index is 11.7. The fourth-order valence-corrected chi connectivity index (χ4v) is 6.14. The number of aromatic nitrogens is 2. The average Bonchev–Trinajstić information content (AvgIpc) is 3.49. The van der Waals surface area contributed by atoms with Crippen molar-refractivity contribution in [2.24, 2.45) is 17.8 Å². The van der Waals surface area contributed by atoms with E-state index in [-0.39, 0.29) is 48.9 Å². The molecule has 0 atom stereocenters. The molecule has 1 N–H and O–H groups in total. The quantitative estimate of drug-likeness (QED) is 0.0815. The van der Waals surface area contributed by atoms with Gasteiger partial charge in [-0.15, -0.1) is 29.1 Å². The number of benzene rings is 2. The molecule has 0 bridgehead atoms. The fourth-order valence-electron chi connectivity index (χ4n) is 6.14. The zero-order valence-corrected chi connectivity index (χ0v) is 33.1. The Kier molecular flexibility index (Phi) is 14.5. The summed E-state index contributed by atoms with van der Waals surface area (Å²) < 4.78 is 6.15. The molecular weight excluding hydrogens is 785 g/mol. The molecule has 0 aliphatic carbocycles. The van der Waals surface area contributed by atoms with Crippen LogP contribution >= 0.6 is 0 Å². The van der Waals surface area contributed by atoms with Crippen LogP contribution in [0.25, 0.3) is 44.5 Å². The average molecular weight is 838 g/mol. The Bertz CT molecular complexity index is 1860. The smallest absolute Gasteiger partial charge is 0.162 e. The van der Waals surface area contributed by atoms with Crippen molar-refractivity contribution in [1.82, 2.24) is 9.97 Å². The first kappa shape index (κ1) is 39.8. The van der Waals surface area contributed by atoms with Gasteiger partial charge >= 0.3 is 0 Å². The third-order valence-corrected chi connectivity index (χ3v) is 9.03. The number of furan rings is 1. The first-order valence-corrected chi connectivity index (χ1v) is 17.6. The Hall–Kier alpha value is -3.60. The Morgan fingerprint density at radius 3 is 2.22 bits per heavy atom. The van der Waals surface area contributed by atoms with Crippen LogP contribution in [0.1, 0.15) is 99.3 Å². The van der Waals surface area contributed by atoms with E-state index >= 15 is 0 Å². The van der Waals surface area contributed by atoms with Crippen LogP contribution in [0.2, 0.25) is 0 Å². The number of pyridine rings is 2. The van der Waals surface area contributed by atoms with Crippen LogP contribution in [0.4, 0.5) is 0 Å². The molecule has 3 aromatic heterocycles. The van der Waals surface area contributed by atoms with Gasteiger partial charge in [-0.2, -0.15) is 0 Å². The van der Waals surface area contributed by atoms with Gasteiger partial charge in [0.15, 0.2) is 11.4 Å². The number of hydrogen-bond donors (Lipinski definition) is 1. The Balaban J connectivity index is 0.000000347. The minimum Gasteiger partial charge on any atom is -0.512 e. The number of ketones is 1. The molecule has 6 heteroatoms. The molecule has 0 unspecified atom stereocenters. The summed E-state index contributed by atoms with van der Waals surface area (Å²) in [6, 6.07) is 24.5. The number of carbonyl (C=O) groups excluding carboxylic acids is 1. The number of aliphatic hydroxyl groups is 1. The van der Waals surface area contributed by atoms with E-state index in [4.69, 9.17) is 9.40 Å². The van der Waals surface area contributed by atoms with Crippen molar-refractivity contribution in [3.63, 3.8) is 0 Å². The topological polar surface area (TPSA) is 76.2 Å². The molecule has 2 aromatic carbocycles. The van der Waals surface area contributed by atoms with Crippen LogP contribution in [-0.2, 0) is 36.7 Å². The standard InChI is InChI=1S/C30H29N2O.C13H24O2.Ir/c1-19(2)14-23-10-11-28-27(32-23)18-29(33-28)21-12-13-31-26(17-21)22-15-20-8-6-7-9-24(20)25(16-22)30(3,4)5;1-5-10(6-2)12(14)9-13(15)11(7-3)8-4;/h6-13,16-19H,14H2,1-5H3;9-11,14H,5-8H2,1-4H3;/q-1;;/b;12-9-;. The normalized spacial score (nSPS) is 12.0. The van der Waals surface area contributed by atoms with Crippen molar-refractivity contribution in [1.29, 1.82) is 0 Å². The van der Waals surface area contributed by atoms with Gasteiger partial charge in [0.25, 0.3) is 0 Å². The molecule has 49 heavy (non-hydrogen) atoms. The van der Waals surface area contributed by atoms with E-state index < -0.39 is 0 Å². The molecule has 0 fully saturated rings. The van der Waals surface area contributed by atoms with Crippen molar-refractivity contribution >= 4 is 27.7 Å².